The number of halogens is 2. The minimum absolute atomic E-state index is 0.155. The molecule has 0 unspecified atom stereocenters. The van der Waals surface area contributed by atoms with Crippen LogP contribution in [0.2, 0.25) is 5.02 Å². The summed E-state index contributed by atoms with van der Waals surface area (Å²) in [6.07, 6.45) is 3.71. The van der Waals surface area contributed by atoms with E-state index in [0.29, 0.717) is 33.7 Å². The number of fused-ring (bicyclic) bond motifs is 1. The predicted octanol–water partition coefficient (Wildman–Crippen LogP) is 4.51. The number of aromatic nitrogens is 2. The van der Waals surface area contributed by atoms with Gasteiger partial charge in [0.2, 0.25) is 0 Å². The summed E-state index contributed by atoms with van der Waals surface area (Å²) in [5.41, 5.74) is 0.629. The Balaban J connectivity index is 2.15. The molecule has 0 fully saturated rings. The number of hydrogen-bond acceptors (Lipinski definition) is 6. The molecule has 0 amide bonds. The van der Waals surface area contributed by atoms with Crippen molar-refractivity contribution >= 4 is 50.6 Å². The number of unbranched alkanes of at least 4 members (excludes halogenated alkanes) is 1. The van der Waals surface area contributed by atoms with E-state index in [9.17, 15) is 9.59 Å². The number of methoxy groups -OCH3 is 1. The number of carboxylic acid groups (broad SMARTS) is 1. The Morgan fingerprint density at radius 1 is 1.34 bits per heavy atom. The van der Waals surface area contributed by atoms with Crippen LogP contribution in [-0.4, -0.2) is 40.7 Å². The highest BCUT2D eigenvalue weighted by Crippen LogP contribution is 2.34. The molecule has 0 saturated heterocycles. The van der Waals surface area contributed by atoms with Crippen molar-refractivity contribution in [1.29, 1.82) is 0 Å². The topological polar surface area (TPSA) is 103 Å². The highest BCUT2D eigenvalue weighted by molar-refractivity contribution is 9.10. The molecular weight excluding hydrogens is 502 g/mol. The van der Waals surface area contributed by atoms with Crippen molar-refractivity contribution in [1.82, 2.24) is 9.66 Å². The van der Waals surface area contributed by atoms with Crippen molar-refractivity contribution in [3.05, 3.63) is 61.6 Å². The Kier molecular flexibility index (Phi) is 7.87. The fourth-order valence-electron chi connectivity index (χ4n) is 3.06. The highest BCUT2D eigenvalue weighted by Gasteiger charge is 2.15. The number of rotatable bonds is 9. The van der Waals surface area contributed by atoms with Gasteiger partial charge in [0.05, 0.1) is 24.2 Å². The zero-order chi connectivity index (χ0) is 23.3. The minimum atomic E-state index is -1.15. The van der Waals surface area contributed by atoms with Crippen LogP contribution in [0.3, 0.4) is 0 Å². The molecule has 32 heavy (non-hydrogen) atoms. The Labute approximate surface area is 197 Å². The van der Waals surface area contributed by atoms with Crippen LogP contribution in [0.1, 0.15) is 31.2 Å². The number of nitrogens with zero attached hydrogens (tertiary/aromatic N) is 3. The van der Waals surface area contributed by atoms with Crippen LogP contribution in [0, 0.1) is 0 Å². The molecule has 10 heteroatoms. The summed E-state index contributed by atoms with van der Waals surface area (Å²) >= 11 is 9.55. The first kappa shape index (κ1) is 23.7. The third kappa shape index (κ3) is 5.46. The molecule has 0 atom stereocenters. The largest absolute Gasteiger partial charge is 0.493 e. The molecule has 3 aromatic rings. The van der Waals surface area contributed by atoms with Crippen LogP contribution in [0.25, 0.3) is 10.9 Å². The van der Waals surface area contributed by atoms with Gasteiger partial charge in [-0.05, 0) is 30.7 Å². The molecule has 2 aromatic carbocycles. The molecule has 0 aliphatic heterocycles. The highest BCUT2D eigenvalue weighted by atomic mass is 79.9. The predicted molar refractivity (Wildman–Crippen MR) is 126 cm³/mol. The summed E-state index contributed by atoms with van der Waals surface area (Å²) in [5.74, 6) is -0.223. The third-order valence-electron chi connectivity index (χ3n) is 4.55. The van der Waals surface area contributed by atoms with Gasteiger partial charge in [-0.1, -0.05) is 40.9 Å². The van der Waals surface area contributed by atoms with Gasteiger partial charge in [0.15, 0.2) is 18.1 Å². The second-order valence-electron chi connectivity index (χ2n) is 6.86. The molecule has 0 aliphatic rings. The average molecular weight is 523 g/mol. The molecule has 1 aromatic heterocycles. The number of carboxylic acids is 1. The summed E-state index contributed by atoms with van der Waals surface area (Å²) in [4.78, 5) is 28.8. The third-order valence-corrected chi connectivity index (χ3v) is 5.26. The maximum Gasteiger partial charge on any atom is 0.341 e. The maximum absolute atomic E-state index is 13.2. The molecule has 0 bridgehead atoms. The van der Waals surface area contributed by atoms with Gasteiger partial charge in [0.1, 0.15) is 5.82 Å². The number of ether oxygens (including phenoxy) is 2. The number of hydrogen-bond donors (Lipinski definition) is 1. The van der Waals surface area contributed by atoms with Crippen LogP contribution >= 0.6 is 27.5 Å². The van der Waals surface area contributed by atoms with Crippen LogP contribution in [-0.2, 0) is 11.2 Å². The van der Waals surface area contributed by atoms with Crippen LogP contribution in [0.4, 0.5) is 0 Å². The van der Waals surface area contributed by atoms with E-state index in [1.54, 1.807) is 18.2 Å². The van der Waals surface area contributed by atoms with E-state index in [-0.39, 0.29) is 17.1 Å². The van der Waals surface area contributed by atoms with Gasteiger partial charge in [0.25, 0.3) is 5.56 Å². The normalized spacial score (nSPS) is 11.2. The molecule has 0 spiro atoms. The maximum atomic E-state index is 13.2. The number of carbonyl (C=O) groups is 1. The van der Waals surface area contributed by atoms with Crippen molar-refractivity contribution in [2.45, 2.75) is 26.2 Å². The Hall–Kier alpha value is -2.91. The zero-order valence-electron chi connectivity index (χ0n) is 17.5. The summed E-state index contributed by atoms with van der Waals surface area (Å²) < 4.78 is 12.7. The van der Waals surface area contributed by atoms with Gasteiger partial charge in [0, 0.05) is 27.5 Å². The van der Waals surface area contributed by atoms with E-state index in [0.717, 1.165) is 17.3 Å². The van der Waals surface area contributed by atoms with Gasteiger partial charge in [-0.15, -0.1) is 0 Å². The summed E-state index contributed by atoms with van der Waals surface area (Å²) in [7, 11) is 1.42. The molecule has 3 rings (SSSR count). The Morgan fingerprint density at radius 2 is 2.12 bits per heavy atom. The molecule has 1 heterocycles. The van der Waals surface area contributed by atoms with Crippen LogP contribution in [0.15, 0.2) is 44.7 Å². The molecule has 0 aliphatic carbocycles. The van der Waals surface area contributed by atoms with Crippen molar-refractivity contribution in [3.63, 3.8) is 0 Å². The van der Waals surface area contributed by atoms with E-state index in [2.05, 4.69) is 26.0 Å². The monoisotopic (exact) mass is 521 g/mol. The van der Waals surface area contributed by atoms with Gasteiger partial charge in [-0.2, -0.15) is 9.78 Å². The fraction of sp³-hybridized carbons (Fsp3) is 0.273. The first-order chi connectivity index (χ1) is 15.3. The lowest BCUT2D eigenvalue weighted by atomic mass is 10.2. The molecule has 0 saturated carbocycles. The summed E-state index contributed by atoms with van der Waals surface area (Å²) in [5, 5.41) is 14.1. The zero-order valence-corrected chi connectivity index (χ0v) is 19.8. The summed E-state index contributed by atoms with van der Waals surface area (Å²) in [6, 6.07) is 8.36. The van der Waals surface area contributed by atoms with Crippen molar-refractivity contribution in [2.75, 3.05) is 13.7 Å². The molecule has 168 valence electrons. The molecular formula is C22H21BrClN3O5. The van der Waals surface area contributed by atoms with E-state index >= 15 is 0 Å². The first-order valence-corrected chi connectivity index (χ1v) is 11.0. The molecule has 0 radical (unpaired) electrons. The van der Waals surface area contributed by atoms with E-state index in [1.807, 2.05) is 13.0 Å². The number of aliphatic carboxylic acids is 1. The second-order valence-corrected chi connectivity index (χ2v) is 8.22. The number of aryl methyl sites for hydroxylation is 1. The minimum Gasteiger partial charge on any atom is -0.493 e. The SMILES string of the molecule is CCCCc1nc2ccc(Br)cc2c(=O)n1N=Cc1cc(Cl)cc(OC)c1OCC(=O)O. The van der Waals surface area contributed by atoms with Crippen molar-refractivity contribution in [3.8, 4) is 11.5 Å². The Bertz CT molecular complexity index is 1240. The van der Waals surface area contributed by atoms with Gasteiger partial charge < -0.3 is 14.6 Å². The van der Waals surface area contributed by atoms with Crippen molar-refractivity contribution in [2.24, 2.45) is 5.10 Å². The van der Waals surface area contributed by atoms with E-state index < -0.39 is 12.6 Å². The summed E-state index contributed by atoms with van der Waals surface area (Å²) in [6.45, 7) is 1.47. The quantitative estimate of drug-likeness (QED) is 0.415. The van der Waals surface area contributed by atoms with Crippen LogP contribution in [0.5, 0.6) is 11.5 Å². The first-order valence-electron chi connectivity index (χ1n) is 9.81. The van der Waals surface area contributed by atoms with Gasteiger partial charge in [-0.25, -0.2) is 9.78 Å². The van der Waals surface area contributed by atoms with Crippen LogP contribution < -0.4 is 15.0 Å². The molecule has 1 N–H and O–H groups in total. The van der Waals surface area contributed by atoms with E-state index in [1.165, 1.54) is 24.1 Å². The van der Waals surface area contributed by atoms with Crippen molar-refractivity contribution < 1.29 is 19.4 Å². The number of benzene rings is 2. The second kappa shape index (κ2) is 10.6. The lowest BCUT2D eigenvalue weighted by Crippen LogP contribution is -2.22. The smallest absolute Gasteiger partial charge is 0.341 e. The fourth-order valence-corrected chi connectivity index (χ4v) is 3.63. The standard InChI is InChI=1S/C22H21BrClN3O5/c1-3-4-5-19-26-17-7-6-14(23)9-16(17)22(30)27(19)25-11-13-8-15(24)10-18(31-2)21(13)32-12-20(28)29/h6-11H,3-5,12H2,1-2H3,(H,28,29). The lowest BCUT2D eigenvalue weighted by molar-refractivity contribution is -0.139. The Morgan fingerprint density at radius 3 is 2.81 bits per heavy atom. The van der Waals surface area contributed by atoms with Gasteiger partial charge >= 0.3 is 5.97 Å². The molecule has 8 nitrogen and oxygen atoms in total. The van der Waals surface area contributed by atoms with E-state index in [4.69, 9.17) is 26.2 Å². The lowest BCUT2D eigenvalue weighted by Gasteiger charge is -2.13. The van der Waals surface area contributed by atoms with Gasteiger partial charge in [-0.3, -0.25) is 4.79 Å². The average Bonchev–Trinajstić information content (AvgIpc) is 2.76.